The molecule has 0 amide bonds. The van der Waals surface area contributed by atoms with Crippen LogP contribution in [0.15, 0.2) is 42.5 Å². The lowest BCUT2D eigenvalue weighted by Gasteiger charge is -2.06. The van der Waals surface area contributed by atoms with Crippen molar-refractivity contribution in [2.75, 3.05) is 6.54 Å². The number of rotatable bonds is 4. The maximum atomic E-state index is 5.61. The molecule has 0 aliphatic carbocycles. The Bertz CT molecular complexity index is 754. The van der Waals surface area contributed by atoms with Crippen LogP contribution in [0.4, 0.5) is 0 Å². The zero-order valence-electron chi connectivity index (χ0n) is 12.6. The van der Waals surface area contributed by atoms with Gasteiger partial charge in [-0.1, -0.05) is 37.3 Å². The molecular formula is C18H21N3. The molecule has 0 spiro atoms. The highest BCUT2D eigenvalue weighted by Crippen LogP contribution is 2.26. The second-order valence-corrected chi connectivity index (χ2v) is 5.36. The van der Waals surface area contributed by atoms with E-state index in [0.29, 0.717) is 6.54 Å². The van der Waals surface area contributed by atoms with E-state index in [1.54, 1.807) is 0 Å². The number of pyridine rings is 1. The molecule has 0 bridgehead atoms. The summed E-state index contributed by atoms with van der Waals surface area (Å²) < 4.78 is 2.25. The van der Waals surface area contributed by atoms with Crippen molar-refractivity contribution in [2.45, 2.75) is 26.7 Å². The van der Waals surface area contributed by atoms with Crippen molar-refractivity contribution in [1.82, 2.24) is 9.38 Å². The number of benzene rings is 1. The summed E-state index contributed by atoms with van der Waals surface area (Å²) in [6.45, 7) is 5.00. The fraction of sp³-hybridized carbons (Fsp3) is 0.278. The number of hydrogen-bond donors (Lipinski definition) is 1. The maximum absolute atomic E-state index is 5.61. The van der Waals surface area contributed by atoms with Gasteiger partial charge in [-0.05, 0) is 44.0 Å². The van der Waals surface area contributed by atoms with Crippen molar-refractivity contribution in [1.29, 1.82) is 0 Å². The molecule has 2 heterocycles. The Morgan fingerprint density at radius 2 is 1.86 bits per heavy atom. The number of nitrogens with zero attached hydrogens (tertiary/aromatic N) is 2. The van der Waals surface area contributed by atoms with Gasteiger partial charge >= 0.3 is 0 Å². The van der Waals surface area contributed by atoms with Gasteiger partial charge in [0.25, 0.3) is 0 Å². The molecule has 2 aromatic heterocycles. The van der Waals surface area contributed by atoms with E-state index in [1.165, 1.54) is 22.5 Å². The van der Waals surface area contributed by atoms with Gasteiger partial charge in [0.1, 0.15) is 5.65 Å². The first-order chi connectivity index (χ1) is 10.2. The summed E-state index contributed by atoms with van der Waals surface area (Å²) in [7, 11) is 0. The van der Waals surface area contributed by atoms with E-state index < -0.39 is 0 Å². The second kappa shape index (κ2) is 5.70. The summed E-state index contributed by atoms with van der Waals surface area (Å²) in [5.41, 5.74) is 12.7. The zero-order valence-corrected chi connectivity index (χ0v) is 12.6. The highest BCUT2D eigenvalue weighted by molar-refractivity contribution is 5.67. The number of aromatic nitrogens is 2. The first kappa shape index (κ1) is 13.8. The van der Waals surface area contributed by atoms with Crippen molar-refractivity contribution < 1.29 is 0 Å². The molecule has 21 heavy (non-hydrogen) atoms. The Morgan fingerprint density at radius 3 is 2.52 bits per heavy atom. The first-order valence-corrected chi connectivity index (χ1v) is 7.51. The van der Waals surface area contributed by atoms with E-state index in [0.717, 1.165) is 24.2 Å². The molecule has 0 atom stereocenters. The Labute approximate surface area is 125 Å². The summed E-state index contributed by atoms with van der Waals surface area (Å²) in [6.07, 6.45) is 1.89. The summed E-state index contributed by atoms with van der Waals surface area (Å²) in [5.74, 6) is 0. The van der Waals surface area contributed by atoms with Crippen molar-refractivity contribution >= 4 is 5.65 Å². The standard InChI is InChI=1S/C18H21N3/c1-3-16-18(15-9-7-14(8-10-15)11-12-19)20-17-6-4-5-13(2)21(16)17/h4-10H,3,11-12,19H2,1-2H3. The predicted molar refractivity (Wildman–Crippen MR) is 87.5 cm³/mol. The normalized spacial score (nSPS) is 11.2. The topological polar surface area (TPSA) is 43.3 Å². The third kappa shape index (κ3) is 2.45. The Kier molecular flexibility index (Phi) is 3.76. The molecule has 3 heteroatoms. The molecule has 3 nitrogen and oxygen atoms in total. The van der Waals surface area contributed by atoms with Crippen molar-refractivity contribution in [3.63, 3.8) is 0 Å². The number of fused-ring (bicyclic) bond motifs is 1. The highest BCUT2D eigenvalue weighted by atomic mass is 15.0. The molecule has 0 saturated carbocycles. The van der Waals surface area contributed by atoms with Crippen molar-refractivity contribution in [3.8, 4) is 11.3 Å². The summed E-state index contributed by atoms with van der Waals surface area (Å²) in [4.78, 5) is 4.83. The number of hydrogen-bond acceptors (Lipinski definition) is 2. The molecular weight excluding hydrogens is 258 g/mol. The molecule has 0 unspecified atom stereocenters. The van der Waals surface area contributed by atoms with Gasteiger partial charge in [-0.15, -0.1) is 0 Å². The lowest BCUT2D eigenvalue weighted by atomic mass is 10.1. The zero-order chi connectivity index (χ0) is 14.8. The van der Waals surface area contributed by atoms with Crippen LogP contribution in [0.2, 0.25) is 0 Å². The molecule has 2 N–H and O–H groups in total. The molecule has 0 fully saturated rings. The molecule has 0 radical (unpaired) electrons. The summed E-state index contributed by atoms with van der Waals surface area (Å²) in [6, 6.07) is 14.9. The highest BCUT2D eigenvalue weighted by Gasteiger charge is 2.13. The van der Waals surface area contributed by atoms with Gasteiger partial charge in [0.2, 0.25) is 0 Å². The van der Waals surface area contributed by atoms with Gasteiger partial charge in [0.15, 0.2) is 0 Å². The van der Waals surface area contributed by atoms with Crippen LogP contribution in [0.25, 0.3) is 16.9 Å². The predicted octanol–water partition coefficient (Wildman–Crippen LogP) is 3.37. The van der Waals surface area contributed by atoms with Gasteiger partial charge < -0.3 is 10.1 Å². The fourth-order valence-corrected chi connectivity index (χ4v) is 2.88. The molecule has 108 valence electrons. The summed E-state index contributed by atoms with van der Waals surface area (Å²) >= 11 is 0. The molecule has 0 saturated heterocycles. The van der Waals surface area contributed by atoms with Gasteiger partial charge in [0.05, 0.1) is 11.4 Å². The minimum absolute atomic E-state index is 0.688. The van der Waals surface area contributed by atoms with Crippen LogP contribution in [-0.2, 0) is 12.8 Å². The average molecular weight is 279 g/mol. The second-order valence-electron chi connectivity index (χ2n) is 5.36. The van der Waals surface area contributed by atoms with Crippen LogP contribution in [0, 0.1) is 6.92 Å². The third-order valence-corrected chi connectivity index (χ3v) is 3.93. The van der Waals surface area contributed by atoms with E-state index >= 15 is 0 Å². The van der Waals surface area contributed by atoms with E-state index in [2.05, 4.69) is 60.7 Å². The van der Waals surface area contributed by atoms with Crippen molar-refractivity contribution in [3.05, 3.63) is 59.4 Å². The lowest BCUT2D eigenvalue weighted by molar-refractivity contribution is 0.960. The minimum atomic E-state index is 0.688. The summed E-state index contributed by atoms with van der Waals surface area (Å²) in [5, 5.41) is 0. The first-order valence-electron chi connectivity index (χ1n) is 7.51. The van der Waals surface area contributed by atoms with Gasteiger partial charge in [-0.3, -0.25) is 0 Å². The van der Waals surface area contributed by atoms with Crippen molar-refractivity contribution in [2.24, 2.45) is 5.73 Å². The van der Waals surface area contributed by atoms with E-state index in [-0.39, 0.29) is 0 Å². The molecule has 3 rings (SSSR count). The van der Waals surface area contributed by atoms with E-state index in [9.17, 15) is 0 Å². The molecule has 1 aromatic carbocycles. The van der Waals surface area contributed by atoms with Crippen LogP contribution in [0.1, 0.15) is 23.9 Å². The average Bonchev–Trinajstić information content (AvgIpc) is 2.88. The SMILES string of the molecule is CCc1c(-c2ccc(CCN)cc2)nc2cccc(C)n12. The van der Waals surface area contributed by atoms with Crippen LogP contribution in [0.3, 0.4) is 0 Å². The monoisotopic (exact) mass is 279 g/mol. The van der Waals surface area contributed by atoms with E-state index in [1.807, 2.05) is 0 Å². The van der Waals surface area contributed by atoms with Crippen LogP contribution < -0.4 is 5.73 Å². The number of imidazole rings is 1. The smallest absolute Gasteiger partial charge is 0.137 e. The number of aryl methyl sites for hydroxylation is 2. The quantitative estimate of drug-likeness (QED) is 0.795. The lowest BCUT2D eigenvalue weighted by Crippen LogP contribution is -2.02. The minimum Gasteiger partial charge on any atom is -0.330 e. The fourth-order valence-electron chi connectivity index (χ4n) is 2.88. The molecule has 0 aliphatic heterocycles. The Balaban J connectivity index is 2.13. The van der Waals surface area contributed by atoms with Crippen LogP contribution >= 0.6 is 0 Å². The Morgan fingerprint density at radius 1 is 1.10 bits per heavy atom. The maximum Gasteiger partial charge on any atom is 0.137 e. The van der Waals surface area contributed by atoms with Crippen LogP contribution in [0.5, 0.6) is 0 Å². The number of nitrogens with two attached hydrogens (primary N) is 1. The van der Waals surface area contributed by atoms with Gasteiger partial charge in [0, 0.05) is 11.3 Å². The van der Waals surface area contributed by atoms with Gasteiger partial charge in [-0.2, -0.15) is 0 Å². The largest absolute Gasteiger partial charge is 0.330 e. The molecule has 0 aliphatic rings. The Hall–Kier alpha value is -2.13. The van der Waals surface area contributed by atoms with Crippen LogP contribution in [-0.4, -0.2) is 15.9 Å². The third-order valence-electron chi connectivity index (χ3n) is 3.93. The molecule has 3 aromatic rings. The van der Waals surface area contributed by atoms with Gasteiger partial charge in [-0.25, -0.2) is 4.98 Å². The van der Waals surface area contributed by atoms with E-state index in [4.69, 9.17) is 10.7 Å².